The third-order valence-corrected chi connectivity index (χ3v) is 2.92. The second kappa shape index (κ2) is 5.48. The molecule has 4 nitrogen and oxygen atoms in total. The SMILES string of the molecule is O=C(O)c1cccc(NCC2CC=CCC2)n1. The number of rotatable bonds is 4. The number of hydrogen-bond donors (Lipinski definition) is 2. The standard InChI is InChI=1S/C13H16N2O2/c16-13(17)11-7-4-8-12(15-11)14-9-10-5-2-1-3-6-10/h1-2,4,7-8,10H,3,5-6,9H2,(H,14,15)(H,16,17). The monoisotopic (exact) mass is 232 g/mol. The second-order valence-electron chi connectivity index (χ2n) is 4.24. The molecule has 0 saturated heterocycles. The molecule has 0 fully saturated rings. The molecule has 1 aromatic rings. The Morgan fingerprint density at radius 1 is 1.47 bits per heavy atom. The average Bonchev–Trinajstić information content (AvgIpc) is 2.38. The van der Waals surface area contributed by atoms with Crippen LogP contribution in [0.5, 0.6) is 0 Å². The van der Waals surface area contributed by atoms with E-state index in [2.05, 4.69) is 22.5 Å². The van der Waals surface area contributed by atoms with Gasteiger partial charge >= 0.3 is 5.97 Å². The third kappa shape index (κ3) is 3.31. The van der Waals surface area contributed by atoms with Crippen molar-refractivity contribution in [3.05, 3.63) is 36.0 Å². The summed E-state index contributed by atoms with van der Waals surface area (Å²) in [4.78, 5) is 14.8. The first-order chi connectivity index (χ1) is 8.25. The summed E-state index contributed by atoms with van der Waals surface area (Å²) in [5, 5.41) is 12.0. The van der Waals surface area contributed by atoms with E-state index in [0.29, 0.717) is 11.7 Å². The van der Waals surface area contributed by atoms with E-state index < -0.39 is 5.97 Å². The van der Waals surface area contributed by atoms with Gasteiger partial charge in [0.25, 0.3) is 0 Å². The van der Waals surface area contributed by atoms with Crippen LogP contribution in [-0.4, -0.2) is 22.6 Å². The van der Waals surface area contributed by atoms with Crippen LogP contribution in [0.3, 0.4) is 0 Å². The molecule has 0 amide bonds. The van der Waals surface area contributed by atoms with E-state index in [1.807, 2.05) is 0 Å². The van der Waals surface area contributed by atoms with Gasteiger partial charge in [0.1, 0.15) is 5.82 Å². The van der Waals surface area contributed by atoms with Crippen molar-refractivity contribution in [2.75, 3.05) is 11.9 Å². The Hall–Kier alpha value is -1.84. The van der Waals surface area contributed by atoms with Crippen LogP contribution in [0.15, 0.2) is 30.4 Å². The highest BCUT2D eigenvalue weighted by Gasteiger charge is 2.10. The predicted octanol–water partition coefficient (Wildman–Crippen LogP) is 2.55. The van der Waals surface area contributed by atoms with Gasteiger partial charge in [-0.05, 0) is 37.3 Å². The average molecular weight is 232 g/mol. The number of allylic oxidation sites excluding steroid dienone is 2. The van der Waals surface area contributed by atoms with Crippen LogP contribution in [0.2, 0.25) is 0 Å². The van der Waals surface area contributed by atoms with Gasteiger partial charge in [-0.1, -0.05) is 18.2 Å². The predicted molar refractivity (Wildman–Crippen MR) is 66.2 cm³/mol. The normalized spacial score (nSPS) is 18.9. The first kappa shape index (κ1) is 11.6. The maximum Gasteiger partial charge on any atom is 0.354 e. The van der Waals surface area contributed by atoms with Gasteiger partial charge in [-0.3, -0.25) is 0 Å². The van der Waals surface area contributed by atoms with Gasteiger partial charge in [-0.15, -0.1) is 0 Å². The zero-order chi connectivity index (χ0) is 12.1. The molecule has 2 N–H and O–H groups in total. The molecule has 1 aliphatic carbocycles. The minimum Gasteiger partial charge on any atom is -0.477 e. The van der Waals surface area contributed by atoms with Gasteiger partial charge in [0.2, 0.25) is 0 Å². The first-order valence-corrected chi connectivity index (χ1v) is 5.85. The van der Waals surface area contributed by atoms with E-state index in [1.54, 1.807) is 12.1 Å². The second-order valence-corrected chi connectivity index (χ2v) is 4.24. The molecule has 17 heavy (non-hydrogen) atoms. The van der Waals surface area contributed by atoms with Crippen LogP contribution in [-0.2, 0) is 0 Å². The van der Waals surface area contributed by atoms with Crippen LogP contribution >= 0.6 is 0 Å². The highest BCUT2D eigenvalue weighted by molar-refractivity contribution is 5.85. The maximum absolute atomic E-state index is 10.8. The van der Waals surface area contributed by atoms with E-state index in [-0.39, 0.29) is 5.69 Å². The van der Waals surface area contributed by atoms with Crippen LogP contribution in [0, 0.1) is 5.92 Å². The molecule has 0 aromatic carbocycles. The van der Waals surface area contributed by atoms with Crippen LogP contribution in [0.4, 0.5) is 5.82 Å². The smallest absolute Gasteiger partial charge is 0.354 e. The molecule has 1 atom stereocenters. The quantitative estimate of drug-likeness (QED) is 0.783. The van der Waals surface area contributed by atoms with Crippen molar-refractivity contribution < 1.29 is 9.90 Å². The van der Waals surface area contributed by atoms with Gasteiger partial charge in [0, 0.05) is 6.54 Å². The Morgan fingerprint density at radius 2 is 2.35 bits per heavy atom. The van der Waals surface area contributed by atoms with Gasteiger partial charge < -0.3 is 10.4 Å². The molecule has 90 valence electrons. The lowest BCUT2D eigenvalue weighted by Gasteiger charge is -2.18. The maximum atomic E-state index is 10.8. The van der Waals surface area contributed by atoms with Crippen molar-refractivity contribution in [3.63, 3.8) is 0 Å². The largest absolute Gasteiger partial charge is 0.477 e. The molecule has 1 unspecified atom stereocenters. The van der Waals surface area contributed by atoms with E-state index in [0.717, 1.165) is 19.4 Å². The molecule has 0 radical (unpaired) electrons. The first-order valence-electron chi connectivity index (χ1n) is 5.85. The Balaban J connectivity index is 1.92. The summed E-state index contributed by atoms with van der Waals surface area (Å²) < 4.78 is 0. The Kier molecular flexibility index (Phi) is 3.75. The summed E-state index contributed by atoms with van der Waals surface area (Å²) in [5.74, 6) is 0.268. The Labute approximate surface area is 100 Å². The van der Waals surface area contributed by atoms with E-state index >= 15 is 0 Å². The van der Waals surface area contributed by atoms with Crippen LogP contribution in [0.25, 0.3) is 0 Å². The minimum atomic E-state index is -0.991. The summed E-state index contributed by atoms with van der Waals surface area (Å²) in [6.07, 6.45) is 7.82. The highest BCUT2D eigenvalue weighted by atomic mass is 16.4. The zero-order valence-electron chi connectivity index (χ0n) is 9.60. The van der Waals surface area contributed by atoms with Crippen molar-refractivity contribution in [2.24, 2.45) is 5.92 Å². The molecule has 0 bridgehead atoms. The fourth-order valence-corrected chi connectivity index (χ4v) is 1.94. The van der Waals surface area contributed by atoms with Gasteiger partial charge in [-0.25, -0.2) is 9.78 Å². The molecular formula is C13H16N2O2. The minimum absolute atomic E-state index is 0.0820. The highest BCUT2D eigenvalue weighted by Crippen LogP contribution is 2.18. The molecule has 0 spiro atoms. The molecule has 1 aromatic heterocycles. The number of aromatic carboxylic acids is 1. The molecule has 0 aliphatic heterocycles. The number of pyridine rings is 1. The topological polar surface area (TPSA) is 62.2 Å². The van der Waals surface area contributed by atoms with Crippen LogP contribution < -0.4 is 5.32 Å². The lowest BCUT2D eigenvalue weighted by Crippen LogP contribution is -2.16. The number of carbonyl (C=O) groups is 1. The molecule has 0 saturated carbocycles. The summed E-state index contributed by atoms with van der Waals surface area (Å²) in [6, 6.07) is 5.00. The third-order valence-electron chi connectivity index (χ3n) is 2.92. The van der Waals surface area contributed by atoms with Crippen molar-refractivity contribution in [3.8, 4) is 0 Å². The Morgan fingerprint density at radius 3 is 3.06 bits per heavy atom. The van der Waals surface area contributed by atoms with Gasteiger partial charge in [0.15, 0.2) is 5.69 Å². The lowest BCUT2D eigenvalue weighted by atomic mass is 9.94. The summed E-state index contributed by atoms with van der Waals surface area (Å²) in [5.41, 5.74) is 0.0820. The van der Waals surface area contributed by atoms with E-state index in [1.165, 1.54) is 12.5 Å². The van der Waals surface area contributed by atoms with Gasteiger partial charge in [-0.2, -0.15) is 0 Å². The lowest BCUT2D eigenvalue weighted by molar-refractivity contribution is 0.0690. The van der Waals surface area contributed by atoms with Crippen molar-refractivity contribution in [1.29, 1.82) is 0 Å². The van der Waals surface area contributed by atoms with Gasteiger partial charge in [0.05, 0.1) is 0 Å². The molecule has 1 aliphatic rings. The molecule has 1 heterocycles. The number of hydrogen-bond acceptors (Lipinski definition) is 3. The van der Waals surface area contributed by atoms with Crippen molar-refractivity contribution >= 4 is 11.8 Å². The summed E-state index contributed by atoms with van der Waals surface area (Å²) in [7, 11) is 0. The number of nitrogens with one attached hydrogen (secondary N) is 1. The van der Waals surface area contributed by atoms with E-state index in [9.17, 15) is 4.79 Å². The number of carboxylic acid groups (broad SMARTS) is 1. The van der Waals surface area contributed by atoms with Crippen LogP contribution in [0.1, 0.15) is 29.8 Å². The summed E-state index contributed by atoms with van der Waals surface area (Å²) >= 11 is 0. The molecule has 2 rings (SSSR count). The number of aromatic nitrogens is 1. The summed E-state index contributed by atoms with van der Waals surface area (Å²) in [6.45, 7) is 0.848. The number of anilines is 1. The van der Waals surface area contributed by atoms with Crippen molar-refractivity contribution in [1.82, 2.24) is 4.98 Å². The van der Waals surface area contributed by atoms with Crippen molar-refractivity contribution in [2.45, 2.75) is 19.3 Å². The number of nitrogens with zero attached hydrogens (tertiary/aromatic N) is 1. The van der Waals surface area contributed by atoms with E-state index in [4.69, 9.17) is 5.11 Å². The Bertz CT molecular complexity index is 429. The number of carboxylic acids is 1. The molecular weight excluding hydrogens is 216 g/mol. The zero-order valence-corrected chi connectivity index (χ0v) is 9.60. The fraction of sp³-hybridized carbons (Fsp3) is 0.385. The molecule has 4 heteroatoms. The fourth-order valence-electron chi connectivity index (χ4n) is 1.94.